The van der Waals surface area contributed by atoms with Crippen molar-refractivity contribution in [2.24, 2.45) is 0 Å². The Morgan fingerprint density at radius 3 is 2.79 bits per heavy atom. The van der Waals surface area contributed by atoms with Gasteiger partial charge in [-0.3, -0.25) is 4.57 Å². The molecule has 0 radical (unpaired) electrons. The normalized spacial score (nSPS) is 11.0. The fourth-order valence-electron chi connectivity index (χ4n) is 2.14. The average Bonchev–Trinajstić information content (AvgIpc) is 2.69. The molecule has 0 amide bonds. The van der Waals surface area contributed by atoms with Crippen LogP contribution in [0.3, 0.4) is 0 Å². The highest BCUT2D eigenvalue weighted by atomic mass is 79.9. The van der Waals surface area contributed by atoms with Gasteiger partial charge in [0.1, 0.15) is 5.75 Å². The molecule has 2 aromatic carbocycles. The molecular weight excluding hydrogens is 308 g/mol. The van der Waals surface area contributed by atoms with Crippen LogP contribution in [0.2, 0.25) is 0 Å². The fourth-order valence-corrected chi connectivity index (χ4v) is 2.59. The standard InChI is InChI=1S/C14H11BrN2O2/c15-11-5-2-6-12-13(11)16-14(19)17(12)8-9-3-1-4-10(18)7-9/h1-7,18H,8H2,(H,16,19). The van der Waals surface area contributed by atoms with Gasteiger partial charge in [-0.1, -0.05) is 18.2 Å². The second kappa shape index (κ2) is 4.59. The number of para-hydroxylation sites is 1. The van der Waals surface area contributed by atoms with Gasteiger partial charge in [-0.2, -0.15) is 0 Å². The molecule has 19 heavy (non-hydrogen) atoms. The molecule has 3 aromatic rings. The van der Waals surface area contributed by atoms with Crippen LogP contribution >= 0.6 is 15.9 Å². The number of benzene rings is 2. The van der Waals surface area contributed by atoms with Crippen LogP contribution < -0.4 is 5.69 Å². The number of halogens is 1. The molecule has 0 saturated heterocycles. The summed E-state index contributed by atoms with van der Waals surface area (Å²) in [5.41, 5.74) is 2.34. The number of aromatic nitrogens is 2. The molecule has 1 heterocycles. The third-order valence-corrected chi connectivity index (χ3v) is 3.67. The second-order valence-corrected chi connectivity index (χ2v) is 5.17. The molecule has 5 heteroatoms. The van der Waals surface area contributed by atoms with Gasteiger partial charge in [0.05, 0.1) is 17.6 Å². The van der Waals surface area contributed by atoms with Crippen molar-refractivity contribution < 1.29 is 5.11 Å². The molecule has 1 aromatic heterocycles. The number of phenolic OH excluding ortho intramolecular Hbond substituents is 1. The van der Waals surface area contributed by atoms with Crippen molar-refractivity contribution in [1.29, 1.82) is 0 Å². The Hall–Kier alpha value is -2.01. The minimum atomic E-state index is -0.162. The maximum Gasteiger partial charge on any atom is 0.326 e. The highest BCUT2D eigenvalue weighted by Gasteiger charge is 2.09. The van der Waals surface area contributed by atoms with Crippen molar-refractivity contribution in [2.75, 3.05) is 0 Å². The lowest BCUT2D eigenvalue weighted by Gasteiger charge is -2.04. The predicted octanol–water partition coefficient (Wildman–Crippen LogP) is 2.85. The summed E-state index contributed by atoms with van der Waals surface area (Å²) >= 11 is 3.42. The van der Waals surface area contributed by atoms with Crippen molar-refractivity contribution in [3.05, 3.63) is 63.0 Å². The molecule has 0 aliphatic carbocycles. The Balaban J connectivity index is 2.13. The van der Waals surface area contributed by atoms with Gasteiger partial charge in [-0.05, 0) is 45.8 Å². The average molecular weight is 319 g/mol. The van der Waals surface area contributed by atoms with Gasteiger partial charge >= 0.3 is 5.69 Å². The summed E-state index contributed by atoms with van der Waals surface area (Å²) in [4.78, 5) is 14.8. The molecule has 0 aliphatic rings. The largest absolute Gasteiger partial charge is 0.508 e. The Morgan fingerprint density at radius 2 is 2.00 bits per heavy atom. The summed E-state index contributed by atoms with van der Waals surface area (Å²) in [6, 6.07) is 12.6. The zero-order chi connectivity index (χ0) is 13.4. The molecule has 0 bridgehead atoms. The van der Waals surface area contributed by atoms with Gasteiger partial charge in [0, 0.05) is 4.47 Å². The van der Waals surface area contributed by atoms with Gasteiger partial charge in [0.15, 0.2) is 0 Å². The summed E-state index contributed by atoms with van der Waals surface area (Å²) in [7, 11) is 0. The van der Waals surface area contributed by atoms with Crippen LogP contribution in [0.15, 0.2) is 51.7 Å². The molecule has 96 valence electrons. The third kappa shape index (κ3) is 2.17. The fraction of sp³-hybridized carbons (Fsp3) is 0.0714. The van der Waals surface area contributed by atoms with Crippen LogP contribution in [0.1, 0.15) is 5.56 Å². The number of nitrogens with zero attached hydrogens (tertiary/aromatic N) is 1. The summed E-state index contributed by atoms with van der Waals surface area (Å²) in [6.07, 6.45) is 0. The number of hydrogen-bond donors (Lipinski definition) is 2. The molecule has 4 nitrogen and oxygen atoms in total. The van der Waals surface area contributed by atoms with E-state index >= 15 is 0 Å². The number of phenols is 1. The number of H-pyrrole nitrogens is 1. The first kappa shape index (κ1) is 12.0. The number of aromatic amines is 1. The predicted molar refractivity (Wildman–Crippen MR) is 77.5 cm³/mol. The lowest BCUT2D eigenvalue weighted by atomic mass is 10.2. The van der Waals surface area contributed by atoms with Crippen LogP contribution in [-0.2, 0) is 6.54 Å². The van der Waals surface area contributed by atoms with E-state index in [1.54, 1.807) is 22.8 Å². The molecule has 0 atom stereocenters. The number of aromatic hydroxyl groups is 1. The minimum absolute atomic E-state index is 0.162. The van der Waals surface area contributed by atoms with Crippen molar-refractivity contribution in [1.82, 2.24) is 9.55 Å². The van der Waals surface area contributed by atoms with E-state index in [4.69, 9.17) is 0 Å². The van der Waals surface area contributed by atoms with Gasteiger partial charge < -0.3 is 10.1 Å². The Morgan fingerprint density at radius 1 is 1.21 bits per heavy atom. The molecule has 0 unspecified atom stereocenters. The van der Waals surface area contributed by atoms with E-state index in [1.165, 1.54) is 0 Å². The monoisotopic (exact) mass is 318 g/mol. The van der Waals surface area contributed by atoms with E-state index in [9.17, 15) is 9.90 Å². The second-order valence-electron chi connectivity index (χ2n) is 4.32. The van der Waals surface area contributed by atoms with Gasteiger partial charge in [-0.15, -0.1) is 0 Å². The minimum Gasteiger partial charge on any atom is -0.508 e. The number of fused-ring (bicyclic) bond motifs is 1. The number of hydrogen-bond acceptors (Lipinski definition) is 2. The van der Waals surface area contributed by atoms with Crippen molar-refractivity contribution in [3.8, 4) is 5.75 Å². The van der Waals surface area contributed by atoms with Gasteiger partial charge in [0.2, 0.25) is 0 Å². The maximum absolute atomic E-state index is 12.0. The Bertz CT molecular complexity index is 805. The zero-order valence-electron chi connectivity index (χ0n) is 9.93. The first-order valence-electron chi connectivity index (χ1n) is 5.80. The molecule has 0 spiro atoms. The summed E-state index contributed by atoms with van der Waals surface area (Å²) < 4.78 is 2.51. The smallest absolute Gasteiger partial charge is 0.326 e. The van der Waals surface area contributed by atoms with Crippen LogP contribution in [0.5, 0.6) is 5.75 Å². The first-order chi connectivity index (χ1) is 9.15. The molecule has 0 aliphatic heterocycles. The topological polar surface area (TPSA) is 58.0 Å². The van der Waals surface area contributed by atoms with Crippen LogP contribution in [0.4, 0.5) is 0 Å². The molecular formula is C14H11BrN2O2. The van der Waals surface area contributed by atoms with E-state index in [2.05, 4.69) is 20.9 Å². The number of nitrogens with one attached hydrogen (secondary N) is 1. The summed E-state index contributed by atoms with van der Waals surface area (Å²) in [5, 5.41) is 9.47. The van der Waals surface area contributed by atoms with E-state index in [1.807, 2.05) is 24.3 Å². The lowest BCUT2D eigenvalue weighted by molar-refractivity contribution is 0.474. The third-order valence-electron chi connectivity index (χ3n) is 3.01. The number of imidazole rings is 1. The maximum atomic E-state index is 12.0. The quantitative estimate of drug-likeness (QED) is 0.763. The van der Waals surface area contributed by atoms with Crippen LogP contribution in [0, 0.1) is 0 Å². The van der Waals surface area contributed by atoms with Crippen molar-refractivity contribution in [3.63, 3.8) is 0 Å². The van der Waals surface area contributed by atoms with E-state index < -0.39 is 0 Å². The van der Waals surface area contributed by atoms with Crippen molar-refractivity contribution in [2.45, 2.75) is 6.54 Å². The SMILES string of the molecule is O=c1[nH]c2c(Br)cccc2n1Cc1cccc(O)c1. The van der Waals surface area contributed by atoms with E-state index in [0.717, 1.165) is 21.1 Å². The highest BCUT2D eigenvalue weighted by Crippen LogP contribution is 2.21. The molecule has 2 N–H and O–H groups in total. The number of rotatable bonds is 2. The molecule has 0 saturated carbocycles. The van der Waals surface area contributed by atoms with Crippen LogP contribution in [0.25, 0.3) is 11.0 Å². The van der Waals surface area contributed by atoms with Crippen molar-refractivity contribution >= 4 is 27.0 Å². The Labute approximate surface area is 117 Å². The molecule has 0 fully saturated rings. The first-order valence-corrected chi connectivity index (χ1v) is 6.59. The highest BCUT2D eigenvalue weighted by molar-refractivity contribution is 9.10. The molecule has 3 rings (SSSR count). The zero-order valence-corrected chi connectivity index (χ0v) is 11.5. The summed E-state index contributed by atoms with van der Waals surface area (Å²) in [6.45, 7) is 0.420. The van der Waals surface area contributed by atoms with Gasteiger partial charge in [0.25, 0.3) is 0 Å². The summed E-state index contributed by atoms with van der Waals surface area (Å²) in [5.74, 6) is 0.201. The lowest BCUT2D eigenvalue weighted by Crippen LogP contribution is -2.17. The Kier molecular flexibility index (Phi) is 2.91. The van der Waals surface area contributed by atoms with Crippen LogP contribution in [-0.4, -0.2) is 14.7 Å². The van der Waals surface area contributed by atoms with E-state index in [-0.39, 0.29) is 11.4 Å². The van der Waals surface area contributed by atoms with E-state index in [0.29, 0.717) is 6.54 Å². The van der Waals surface area contributed by atoms with Gasteiger partial charge in [-0.25, -0.2) is 4.79 Å².